The first-order valence-corrected chi connectivity index (χ1v) is 46.5. The molecule has 0 saturated carbocycles. The molecule has 0 aromatic carbocycles. The monoisotopic (exact) mass is 1960 g/mol. The number of carbonyl (C=O) groups excluding carboxylic acids is 5. The van der Waals surface area contributed by atoms with E-state index in [0.29, 0.717) is 107 Å². The number of amides is 7. The van der Waals surface area contributed by atoms with Crippen LogP contribution >= 0.6 is 95.8 Å². The van der Waals surface area contributed by atoms with Crippen LogP contribution in [0.5, 0.6) is 0 Å². The van der Waals surface area contributed by atoms with Gasteiger partial charge in [-0.1, -0.05) is 233 Å². The zero-order valence-electron chi connectivity index (χ0n) is 92.8. The van der Waals surface area contributed by atoms with Crippen LogP contribution in [0, 0.1) is 97.5 Å². The Balaban J connectivity index is -0.000000191. The first kappa shape index (κ1) is 109. The predicted molar refractivity (Wildman–Crippen MR) is 550 cm³/mol. The van der Waals surface area contributed by atoms with Crippen LogP contribution in [-0.4, -0.2) is 239 Å². The largest absolute Gasteiger partial charge is 0.465 e. The highest BCUT2D eigenvalue weighted by molar-refractivity contribution is 8.16. The van der Waals surface area contributed by atoms with Crippen molar-refractivity contribution in [2.75, 3.05) is 42.6 Å². The molecular formula is C77H150N30O12S8. The third-order valence-electron chi connectivity index (χ3n) is 12.9. The van der Waals surface area contributed by atoms with Crippen molar-refractivity contribution in [3.8, 4) is 0 Å². The van der Waals surface area contributed by atoms with Gasteiger partial charge in [0.25, 0.3) is 14.7 Å². The van der Waals surface area contributed by atoms with E-state index in [1.54, 1.807) is 52.0 Å². The van der Waals surface area contributed by atoms with E-state index in [-0.39, 0.29) is 57.9 Å². The van der Waals surface area contributed by atoms with Gasteiger partial charge in [0.05, 0.1) is 28.7 Å². The Hall–Kier alpha value is -8.98. The number of carbonyl (C=O) groups is 7. The maximum absolute atomic E-state index is 11.3. The second-order valence-electron chi connectivity index (χ2n) is 29.5. The Morgan fingerprint density at radius 3 is 1.34 bits per heavy atom. The molecule has 4 aliphatic heterocycles. The molecule has 42 nitrogen and oxygen atoms in total. The van der Waals surface area contributed by atoms with Crippen LogP contribution in [0.4, 0.5) is 14.4 Å². The molecule has 0 bridgehead atoms. The number of nitrogens with zero attached hydrogens (tertiary/aromatic N) is 16. The van der Waals surface area contributed by atoms with E-state index in [0.717, 1.165) is 39.2 Å². The Kier molecular flexibility index (Phi) is 72.8. The maximum atomic E-state index is 11.3. The van der Waals surface area contributed by atoms with Gasteiger partial charge in [0, 0.05) is 79.3 Å². The molecule has 0 aliphatic carbocycles. The second-order valence-corrected chi connectivity index (χ2v) is 35.7. The van der Waals surface area contributed by atoms with Gasteiger partial charge in [0.2, 0.25) is 11.8 Å². The highest BCUT2D eigenvalue weighted by Crippen LogP contribution is 2.20. The Morgan fingerprint density at radius 2 is 0.992 bits per heavy atom. The molecule has 50 heteroatoms. The van der Waals surface area contributed by atoms with Gasteiger partial charge in [0.15, 0.2) is 54.0 Å². The molecule has 0 aromatic rings. The van der Waals surface area contributed by atoms with Crippen molar-refractivity contribution in [3.63, 3.8) is 0 Å². The van der Waals surface area contributed by atoms with Crippen molar-refractivity contribution in [1.29, 1.82) is 35.3 Å². The molecule has 19 N–H and O–H groups in total. The summed E-state index contributed by atoms with van der Waals surface area (Å²) < 4.78 is 85.6. The van der Waals surface area contributed by atoms with Gasteiger partial charge in [0.1, 0.15) is 0 Å². The second kappa shape index (κ2) is 85.1. The number of hydrogen-bond acceptors (Lipinski definition) is 37. The molecule has 4 fully saturated rings. The third-order valence-corrected chi connectivity index (χ3v) is 17.3. The number of thioether (sulfide) groups is 6. The van der Waals surface area contributed by atoms with Gasteiger partial charge in [-0.3, -0.25) is 78.1 Å². The lowest BCUT2D eigenvalue weighted by Crippen LogP contribution is -2.31. The summed E-state index contributed by atoms with van der Waals surface area (Å²) in [5.41, 5.74) is 16.4. The molecule has 4 aliphatic rings. The highest BCUT2D eigenvalue weighted by atomic mass is 32.2. The van der Waals surface area contributed by atoms with Gasteiger partial charge in [-0.2, -0.15) is 50.8 Å². The molecule has 4 saturated heterocycles. The summed E-state index contributed by atoms with van der Waals surface area (Å²) in [6, 6.07) is 0.121. The number of hydrogen-bond donors (Lipinski definition) is 20. The van der Waals surface area contributed by atoms with Crippen LogP contribution in [0.3, 0.4) is 0 Å². The number of oxime groups is 3. The lowest BCUT2D eigenvalue weighted by atomic mass is 10.1. The normalized spacial score (nSPS) is 17.3. The molecule has 728 valence electrons. The minimum atomic E-state index is -0.878. The van der Waals surface area contributed by atoms with Crippen molar-refractivity contribution in [1.82, 2.24) is 52.6 Å². The number of hydrazone groups is 6. The van der Waals surface area contributed by atoms with E-state index in [1.807, 2.05) is 199 Å². The van der Waals surface area contributed by atoms with Gasteiger partial charge in [-0.15, -0.1) is 40.6 Å². The molecule has 0 radical (unpaired) electrons. The zero-order valence-corrected chi connectivity index (χ0v) is 86.5. The number of nitrogens with one attached hydrogen (secondary N) is 13. The number of amidine groups is 8. The molecule has 0 aromatic heterocycles. The smallest absolute Gasteiger partial charge is 0.430 e. The van der Waals surface area contributed by atoms with Gasteiger partial charge in [-0.25, -0.2) is 14.4 Å². The first-order chi connectivity index (χ1) is 65.3. The predicted octanol–water partition coefficient (Wildman–Crippen LogP) is 15.7. The van der Waals surface area contributed by atoms with Gasteiger partial charge in [-0.05, 0) is 140 Å². The SMILES string of the molecule is [2H]N1C(=O)CS/C1=N\N=C(/C)C(C)C.[2H]N1C(=O)CS/C1=N\N=C\C(C)C.[2H]N=C(N/N=C(\C)C(C)C)SC.[2H]N=C(N/N=C/C(C)C)SC.[2H]N=C(S)N/N=C(\C)C(C)C.[2H]N=C(S)N/N=C/C(C)C.[2H]N=C1SCC(=O)N1/N=C(\C)C(C)C.[2H]N=C1SCC(=O)N1/N=C/C(C)C.[2H]NC(=O)O/N=C/C(C)C.[2H]O/N=C(\C)C(C)C.[2H]O/N=C/C(C)C.[2H]OC(=O)N(C)C(C)C.[2H]OC(=O)NC(C)C. The maximum Gasteiger partial charge on any atom is 0.430 e. The Morgan fingerprint density at radius 1 is 0.551 bits per heavy atom. The van der Waals surface area contributed by atoms with Crippen molar-refractivity contribution in [2.45, 2.75) is 227 Å². The molecule has 127 heavy (non-hydrogen) atoms. The lowest BCUT2D eigenvalue weighted by Gasteiger charge is -2.16. The fourth-order valence-electron chi connectivity index (χ4n) is 4.53. The van der Waals surface area contributed by atoms with Crippen molar-refractivity contribution in [3.05, 3.63) is 0 Å². The summed E-state index contributed by atoms with van der Waals surface area (Å²) in [5, 5.41) is 91.8. The molecule has 0 unspecified atom stereocenters. The fraction of sp³-hybridized carbons (Fsp3) is 0.662. The molecule has 4 rings (SSSR count). The lowest BCUT2D eigenvalue weighted by molar-refractivity contribution is -0.124. The van der Waals surface area contributed by atoms with E-state index < -0.39 is 18.3 Å². The topological polar surface area (TPSA) is 633 Å². The van der Waals surface area contributed by atoms with Crippen LogP contribution in [0.1, 0.15) is 215 Å². The van der Waals surface area contributed by atoms with E-state index in [1.165, 1.54) is 97.4 Å². The number of rotatable bonds is 24. The summed E-state index contributed by atoms with van der Waals surface area (Å²) in [5.74, 6) is 4.35. The van der Waals surface area contributed by atoms with Crippen LogP contribution in [-0.2, 0) is 24.0 Å². The minimum absolute atomic E-state index is 0.0350. The summed E-state index contributed by atoms with van der Waals surface area (Å²) in [6.45, 7) is 60.6. The van der Waals surface area contributed by atoms with Crippen LogP contribution < -0.4 is 43.4 Å². The van der Waals surface area contributed by atoms with E-state index in [9.17, 15) is 33.6 Å². The fourth-order valence-corrected chi connectivity index (χ4v) is 7.37. The number of carboxylic acid groups (broad SMARTS) is 2. The quantitative estimate of drug-likeness (QED) is 0.0107. The third kappa shape index (κ3) is 101. The minimum Gasteiger partial charge on any atom is -0.465 e. The average molecular weight is 1960 g/mol. The van der Waals surface area contributed by atoms with Gasteiger partial charge < -0.3 is 47.2 Å². The van der Waals surface area contributed by atoms with Crippen LogP contribution in [0.15, 0.2) is 66.5 Å². The standard InChI is InChI=1S/2C8H13N3OS.2C7H11N3OS.C7H15N3S.2C6H13N3S.C5H11N3S.C5H10N2O2.C5H11NO2.C5H11NO.C4H9NO2.C4H9NO/c1-5(2)6(3)10-11-7(12)4-13-8(11)9;1-5(2)6(3)10-11-8-9-7(12)4-13-8;1-5(2)3-9-10-6(11)4-12-7(10)8;1-5(2)3-8-10-7-9-6(11)4-12-7;1-5(2)6(3)9-10-7(8)11-4;1-5(2)4-8-9-6(7)10-3;1-4(2)5(3)8-9-6(7)10;1-4(2)3-7-8-5(6)9;1-4(2)3-7-9-5(6)8;1-4(2)6(3)5(7)8;1-4(2)5(3)6-7;1-3(2)5-4(6)7;1-4(2)3-5-6/h5,9H,4H2,1-3H3;5H,4H2,1-3H3,(H,9,11,12);3,5,8H,4H2,1-2H3;3,5H,4H2,1-2H3,(H,9,10,11);5H,1-4H3,(H2,8,10);4-5H,1-3H3,(H2,7,9);4H,1-3H3,(H3,7,9,10);3-4H,1-2H3,(H3,6,8,9);3-4H,1-2H3,(H2,6,8);4H,1-3H3,(H,7,8);4,7H,1-3H3;3,5H,1-2H3,(H,6,7);3-4,6H,1-2H3/b9-8?,10-6+;10-6+;8-7?,9-3+;8-3+;9-6+;8-4+;8-5+;2*7-3+;;6-5+;;5-3+/i/hD13. The van der Waals surface area contributed by atoms with Gasteiger partial charge >= 0.3 is 21.1 Å². The summed E-state index contributed by atoms with van der Waals surface area (Å²) >= 11 is 15.3. The average Bonchev–Trinajstić information content (AvgIpc) is 1.47. The first-order valence-electron chi connectivity index (χ1n) is 45.0. The number of nitrogens with two attached hydrogens (primary N) is 1. The van der Waals surface area contributed by atoms with E-state index >= 15 is 0 Å². The number of thiol groups is 2. The molecule has 4 heterocycles. The van der Waals surface area contributed by atoms with E-state index in [4.69, 9.17) is 18.4 Å². The molecule has 0 atom stereocenters. The van der Waals surface area contributed by atoms with E-state index in [2.05, 4.69) is 190 Å². The molecule has 0 spiro atoms. The molecular weight excluding hydrogens is 1790 g/mol. The summed E-state index contributed by atoms with van der Waals surface area (Å²) in [7, 11) is 1.58. The van der Waals surface area contributed by atoms with Crippen LogP contribution in [0.25, 0.3) is 2.86 Å². The Labute approximate surface area is 809 Å². The molecule has 7 amide bonds. The van der Waals surface area contributed by atoms with Crippen molar-refractivity contribution in [2.24, 2.45) is 137 Å². The highest BCUT2D eigenvalue weighted by Gasteiger charge is 2.28. The van der Waals surface area contributed by atoms with Crippen LogP contribution in [0.2, 0.25) is 15.6 Å². The summed E-state index contributed by atoms with van der Waals surface area (Å²) in [6.07, 6.45) is 11.3. The summed E-state index contributed by atoms with van der Waals surface area (Å²) in [4.78, 5) is 80.5. The zero-order chi connectivity index (χ0) is 110. The number of primary amides is 1. The van der Waals surface area contributed by atoms with Crippen molar-refractivity contribution < 1.29 is 74.6 Å². The van der Waals surface area contributed by atoms with Crippen molar-refractivity contribution >= 4 is 245 Å². The Bertz CT molecular complexity index is 4100.